The number of ketones is 1. The van der Waals surface area contributed by atoms with E-state index in [1.807, 2.05) is 18.2 Å². The highest BCUT2D eigenvalue weighted by Crippen LogP contribution is 2.36. The summed E-state index contributed by atoms with van der Waals surface area (Å²) in [4.78, 5) is 34.4. The van der Waals surface area contributed by atoms with E-state index >= 15 is 0 Å². The topological polar surface area (TPSA) is 62.8 Å². The molecule has 1 aromatic carbocycles. The van der Waals surface area contributed by atoms with E-state index in [0.717, 1.165) is 23.1 Å². The van der Waals surface area contributed by atoms with Crippen LogP contribution in [0.25, 0.3) is 10.2 Å². The van der Waals surface area contributed by atoms with Gasteiger partial charge in [0, 0.05) is 10.4 Å². The molecule has 4 rings (SSSR count). The zero-order chi connectivity index (χ0) is 17.4. The van der Waals surface area contributed by atoms with Gasteiger partial charge in [0.1, 0.15) is 4.83 Å². The molecule has 4 nitrogen and oxygen atoms in total. The molecule has 0 spiro atoms. The van der Waals surface area contributed by atoms with Gasteiger partial charge in [-0.05, 0) is 30.7 Å². The van der Waals surface area contributed by atoms with Gasteiger partial charge >= 0.3 is 0 Å². The average Bonchev–Trinajstić information content (AvgIpc) is 2.98. The summed E-state index contributed by atoms with van der Waals surface area (Å²) in [6.45, 7) is 2.23. The van der Waals surface area contributed by atoms with Crippen LogP contribution in [-0.2, 0) is 12.8 Å². The molecule has 0 radical (unpaired) electrons. The van der Waals surface area contributed by atoms with E-state index in [1.54, 1.807) is 23.5 Å². The molecule has 0 bridgehead atoms. The van der Waals surface area contributed by atoms with E-state index in [1.165, 1.54) is 28.6 Å². The Bertz CT molecular complexity index is 992. The van der Waals surface area contributed by atoms with Gasteiger partial charge in [-0.2, -0.15) is 0 Å². The Kier molecular flexibility index (Phi) is 4.48. The molecule has 0 fully saturated rings. The summed E-state index contributed by atoms with van der Waals surface area (Å²) < 4.78 is 0. The zero-order valence-electron chi connectivity index (χ0n) is 13.9. The van der Waals surface area contributed by atoms with Crippen LogP contribution in [-0.4, -0.2) is 21.5 Å². The van der Waals surface area contributed by atoms with Crippen molar-refractivity contribution in [3.05, 3.63) is 56.7 Å². The Morgan fingerprint density at radius 3 is 2.96 bits per heavy atom. The van der Waals surface area contributed by atoms with Crippen LogP contribution < -0.4 is 5.56 Å². The van der Waals surface area contributed by atoms with Crippen LogP contribution in [0, 0.1) is 5.92 Å². The second-order valence-electron chi connectivity index (χ2n) is 6.48. The van der Waals surface area contributed by atoms with Crippen molar-refractivity contribution in [3.8, 4) is 0 Å². The van der Waals surface area contributed by atoms with Gasteiger partial charge in [-0.3, -0.25) is 9.59 Å². The summed E-state index contributed by atoms with van der Waals surface area (Å²) in [5.74, 6) is 0.913. The third-order valence-electron chi connectivity index (χ3n) is 4.58. The highest BCUT2D eigenvalue weighted by molar-refractivity contribution is 7.99. The number of carbonyl (C=O) groups excluding carboxylic acids is 1. The quantitative estimate of drug-likeness (QED) is 0.427. The maximum atomic E-state index is 12.6. The second kappa shape index (κ2) is 6.77. The molecular formula is C19H18N2O2S2. The lowest BCUT2D eigenvalue weighted by Crippen LogP contribution is -2.14. The van der Waals surface area contributed by atoms with Gasteiger partial charge in [-0.15, -0.1) is 11.3 Å². The maximum Gasteiger partial charge on any atom is 0.260 e. The molecule has 1 atom stereocenters. The Morgan fingerprint density at radius 1 is 1.36 bits per heavy atom. The smallest absolute Gasteiger partial charge is 0.260 e. The summed E-state index contributed by atoms with van der Waals surface area (Å²) in [7, 11) is 0. The predicted molar refractivity (Wildman–Crippen MR) is 103 cm³/mol. The van der Waals surface area contributed by atoms with Gasteiger partial charge in [-0.25, -0.2) is 4.98 Å². The minimum absolute atomic E-state index is 0.0349. The lowest BCUT2D eigenvalue weighted by atomic mass is 9.89. The standard InChI is InChI=1S/C19H18N2O2S2/c1-11-7-8-15-13(9-11)16-17(23)20-19(21-18(16)25-15)24-10-14(22)12-5-3-2-4-6-12/h2-6,11H,7-10H2,1H3,(H,20,21,23). The molecule has 1 aliphatic rings. The average molecular weight is 370 g/mol. The Hall–Kier alpha value is -1.92. The van der Waals surface area contributed by atoms with Crippen molar-refractivity contribution < 1.29 is 4.79 Å². The van der Waals surface area contributed by atoms with Crippen LogP contribution >= 0.6 is 23.1 Å². The lowest BCUT2D eigenvalue weighted by Gasteiger charge is -2.17. The normalized spacial score (nSPS) is 16.8. The summed E-state index contributed by atoms with van der Waals surface area (Å²) in [5, 5.41) is 1.28. The van der Waals surface area contributed by atoms with Crippen molar-refractivity contribution in [2.75, 3.05) is 5.75 Å². The molecule has 1 N–H and O–H groups in total. The molecular weight excluding hydrogens is 352 g/mol. The SMILES string of the molecule is CC1CCc2sc3nc(SCC(=O)c4ccccc4)[nH]c(=O)c3c2C1. The fourth-order valence-electron chi connectivity index (χ4n) is 3.25. The Balaban J connectivity index is 1.59. The number of thiophene rings is 1. The van der Waals surface area contributed by atoms with Crippen molar-refractivity contribution in [2.24, 2.45) is 5.92 Å². The predicted octanol–water partition coefficient (Wildman–Crippen LogP) is 4.08. The number of Topliss-reactive ketones (excluding diaryl/α,β-unsaturated/α-hetero) is 1. The number of rotatable bonds is 4. The molecule has 1 aliphatic carbocycles. The van der Waals surface area contributed by atoms with Crippen LogP contribution in [0.2, 0.25) is 0 Å². The van der Waals surface area contributed by atoms with Crippen LogP contribution in [0.5, 0.6) is 0 Å². The van der Waals surface area contributed by atoms with E-state index < -0.39 is 0 Å². The van der Waals surface area contributed by atoms with Gasteiger partial charge in [-0.1, -0.05) is 49.0 Å². The third kappa shape index (κ3) is 3.28. The molecule has 0 saturated heterocycles. The number of hydrogen-bond acceptors (Lipinski definition) is 5. The number of aromatic nitrogens is 2. The fraction of sp³-hybridized carbons (Fsp3) is 0.316. The van der Waals surface area contributed by atoms with Crippen molar-refractivity contribution in [1.82, 2.24) is 9.97 Å². The first-order valence-electron chi connectivity index (χ1n) is 8.37. The highest BCUT2D eigenvalue weighted by atomic mass is 32.2. The number of H-pyrrole nitrogens is 1. The minimum Gasteiger partial charge on any atom is -0.301 e. The molecule has 0 saturated carbocycles. The van der Waals surface area contributed by atoms with E-state index in [0.29, 0.717) is 16.6 Å². The number of thioether (sulfide) groups is 1. The second-order valence-corrected chi connectivity index (χ2v) is 8.53. The number of aryl methyl sites for hydroxylation is 1. The maximum absolute atomic E-state index is 12.6. The number of benzene rings is 1. The van der Waals surface area contributed by atoms with E-state index in [9.17, 15) is 9.59 Å². The molecule has 0 amide bonds. The molecule has 128 valence electrons. The number of fused-ring (bicyclic) bond motifs is 3. The van der Waals surface area contributed by atoms with Crippen molar-refractivity contribution in [3.63, 3.8) is 0 Å². The first-order valence-corrected chi connectivity index (χ1v) is 10.2. The van der Waals surface area contributed by atoms with Gasteiger partial charge in [0.25, 0.3) is 5.56 Å². The summed E-state index contributed by atoms with van der Waals surface area (Å²) >= 11 is 2.92. The van der Waals surface area contributed by atoms with Crippen LogP contribution in [0.3, 0.4) is 0 Å². The lowest BCUT2D eigenvalue weighted by molar-refractivity contribution is 0.102. The van der Waals surface area contributed by atoms with Crippen molar-refractivity contribution in [1.29, 1.82) is 0 Å². The molecule has 3 aromatic rings. The van der Waals surface area contributed by atoms with Crippen LogP contribution in [0.1, 0.15) is 34.1 Å². The summed E-state index contributed by atoms with van der Waals surface area (Å²) in [5.41, 5.74) is 1.79. The first kappa shape index (κ1) is 16.5. The monoisotopic (exact) mass is 370 g/mol. The largest absolute Gasteiger partial charge is 0.301 e. The number of nitrogens with zero attached hydrogens (tertiary/aromatic N) is 1. The zero-order valence-corrected chi connectivity index (χ0v) is 15.5. The number of nitrogens with one attached hydrogen (secondary N) is 1. The molecule has 2 heterocycles. The van der Waals surface area contributed by atoms with Gasteiger partial charge in [0.15, 0.2) is 10.9 Å². The number of carbonyl (C=O) groups is 1. The van der Waals surface area contributed by atoms with Crippen molar-refractivity contribution in [2.45, 2.75) is 31.3 Å². The molecule has 2 aromatic heterocycles. The van der Waals surface area contributed by atoms with Crippen LogP contribution in [0.15, 0.2) is 40.3 Å². The van der Waals surface area contributed by atoms with Gasteiger partial charge < -0.3 is 4.98 Å². The van der Waals surface area contributed by atoms with Gasteiger partial charge in [0.2, 0.25) is 0 Å². The third-order valence-corrected chi connectivity index (χ3v) is 6.63. The van der Waals surface area contributed by atoms with Gasteiger partial charge in [0.05, 0.1) is 11.1 Å². The minimum atomic E-state index is -0.0775. The van der Waals surface area contributed by atoms with Crippen molar-refractivity contribution >= 4 is 39.1 Å². The highest BCUT2D eigenvalue weighted by Gasteiger charge is 2.23. The molecule has 1 unspecified atom stereocenters. The molecule has 0 aliphatic heterocycles. The number of aromatic amines is 1. The van der Waals surface area contributed by atoms with E-state index in [-0.39, 0.29) is 17.1 Å². The number of hydrogen-bond donors (Lipinski definition) is 1. The first-order chi connectivity index (χ1) is 12.1. The van der Waals surface area contributed by atoms with E-state index in [2.05, 4.69) is 16.9 Å². The fourth-order valence-corrected chi connectivity index (χ4v) is 5.28. The van der Waals surface area contributed by atoms with Crippen LogP contribution in [0.4, 0.5) is 0 Å². The molecule has 25 heavy (non-hydrogen) atoms. The van der Waals surface area contributed by atoms with E-state index in [4.69, 9.17) is 0 Å². The Morgan fingerprint density at radius 2 is 2.16 bits per heavy atom. The Labute approximate surface area is 153 Å². The molecule has 6 heteroatoms. The summed E-state index contributed by atoms with van der Waals surface area (Å²) in [6, 6.07) is 9.19. The summed E-state index contributed by atoms with van der Waals surface area (Å²) in [6.07, 6.45) is 3.16.